The predicted molar refractivity (Wildman–Crippen MR) is 60.0 cm³/mol. The van der Waals surface area contributed by atoms with Gasteiger partial charge in [0.1, 0.15) is 11.6 Å². The number of alkyl carbamates (subject to hydrolysis) is 1. The fraction of sp³-hybridized carbons (Fsp3) is 0.818. The highest BCUT2D eigenvalue weighted by Crippen LogP contribution is 2.11. The van der Waals surface area contributed by atoms with E-state index in [9.17, 15) is 9.59 Å². The smallest absolute Gasteiger partial charge is 0.408 e. The van der Waals surface area contributed by atoms with Gasteiger partial charge in [0.05, 0.1) is 0 Å². The fourth-order valence-corrected chi connectivity index (χ4v) is 1.55. The van der Waals surface area contributed by atoms with E-state index in [2.05, 4.69) is 10.6 Å². The van der Waals surface area contributed by atoms with Crippen molar-refractivity contribution in [3.8, 4) is 0 Å². The number of nitrogens with one attached hydrogen (secondary N) is 2. The number of hydrogen-bond donors (Lipinski definition) is 2. The number of hydrogen-bond acceptors (Lipinski definition) is 3. The topological polar surface area (TPSA) is 67.4 Å². The van der Waals surface area contributed by atoms with Crippen LogP contribution in [0.1, 0.15) is 40.5 Å². The molecule has 0 aromatic rings. The van der Waals surface area contributed by atoms with Crippen LogP contribution in [-0.2, 0) is 9.53 Å². The van der Waals surface area contributed by atoms with Crippen LogP contribution in [-0.4, -0.2) is 29.7 Å². The van der Waals surface area contributed by atoms with Gasteiger partial charge in [-0.2, -0.15) is 0 Å². The first kappa shape index (κ1) is 12.8. The van der Waals surface area contributed by atoms with E-state index in [-0.39, 0.29) is 11.9 Å². The molecule has 0 saturated carbocycles. The molecule has 1 saturated heterocycles. The van der Waals surface area contributed by atoms with E-state index >= 15 is 0 Å². The minimum absolute atomic E-state index is 0.135. The van der Waals surface area contributed by atoms with Crippen molar-refractivity contribution in [1.29, 1.82) is 0 Å². The molecule has 1 fully saturated rings. The Morgan fingerprint density at radius 3 is 2.56 bits per heavy atom. The lowest BCUT2D eigenvalue weighted by atomic mass is 10.0. The van der Waals surface area contributed by atoms with Crippen LogP contribution in [0.3, 0.4) is 0 Å². The lowest BCUT2D eigenvalue weighted by molar-refractivity contribution is -0.125. The molecule has 0 aromatic carbocycles. The SMILES string of the molecule is CC1CCC(NC(=O)OC(C)(C)C)C(=O)N1. The summed E-state index contributed by atoms with van der Waals surface area (Å²) in [6.45, 7) is 7.31. The van der Waals surface area contributed by atoms with Crippen molar-refractivity contribution in [3.05, 3.63) is 0 Å². The van der Waals surface area contributed by atoms with E-state index in [1.807, 2.05) is 6.92 Å². The number of carbonyl (C=O) groups is 2. The Balaban J connectivity index is 2.43. The summed E-state index contributed by atoms with van der Waals surface area (Å²) < 4.78 is 5.09. The molecule has 0 aromatic heterocycles. The third kappa shape index (κ3) is 4.08. The van der Waals surface area contributed by atoms with E-state index in [4.69, 9.17) is 4.74 Å². The Labute approximate surface area is 95.9 Å². The van der Waals surface area contributed by atoms with Crippen molar-refractivity contribution in [1.82, 2.24) is 10.6 Å². The van der Waals surface area contributed by atoms with Crippen molar-refractivity contribution >= 4 is 12.0 Å². The summed E-state index contributed by atoms with van der Waals surface area (Å²) in [5.41, 5.74) is -0.539. The average molecular weight is 228 g/mol. The van der Waals surface area contributed by atoms with E-state index in [0.29, 0.717) is 6.42 Å². The molecule has 16 heavy (non-hydrogen) atoms. The maximum atomic E-state index is 11.5. The van der Waals surface area contributed by atoms with E-state index in [1.54, 1.807) is 20.8 Å². The summed E-state index contributed by atoms with van der Waals surface area (Å²) >= 11 is 0. The molecule has 1 heterocycles. The predicted octanol–water partition coefficient (Wildman–Crippen LogP) is 1.18. The number of amides is 2. The lowest BCUT2D eigenvalue weighted by Crippen LogP contribution is -2.53. The van der Waals surface area contributed by atoms with Gasteiger partial charge in [-0.1, -0.05) is 0 Å². The van der Waals surface area contributed by atoms with Crippen molar-refractivity contribution < 1.29 is 14.3 Å². The molecule has 2 atom stereocenters. The highest BCUT2D eigenvalue weighted by molar-refractivity contribution is 5.86. The first-order valence-electron chi connectivity index (χ1n) is 5.58. The zero-order valence-corrected chi connectivity index (χ0v) is 10.3. The molecule has 0 spiro atoms. The maximum Gasteiger partial charge on any atom is 0.408 e. The summed E-state index contributed by atoms with van der Waals surface area (Å²) in [5.74, 6) is -0.135. The van der Waals surface area contributed by atoms with Gasteiger partial charge < -0.3 is 15.4 Å². The molecular formula is C11H20N2O3. The van der Waals surface area contributed by atoms with Gasteiger partial charge in [0, 0.05) is 6.04 Å². The molecular weight excluding hydrogens is 208 g/mol. The van der Waals surface area contributed by atoms with Crippen LogP contribution in [0.15, 0.2) is 0 Å². The number of rotatable bonds is 1. The molecule has 0 bridgehead atoms. The van der Waals surface area contributed by atoms with Gasteiger partial charge in [0.25, 0.3) is 0 Å². The summed E-state index contributed by atoms with van der Waals surface area (Å²) in [6, 6.07) is -0.282. The second-order valence-corrected chi connectivity index (χ2v) is 5.19. The van der Waals surface area contributed by atoms with Crippen molar-refractivity contribution in [2.45, 2.75) is 58.2 Å². The third-order valence-electron chi connectivity index (χ3n) is 2.28. The maximum absolute atomic E-state index is 11.5. The van der Waals surface area contributed by atoms with Crippen LogP contribution in [0.4, 0.5) is 4.79 Å². The monoisotopic (exact) mass is 228 g/mol. The van der Waals surface area contributed by atoms with Gasteiger partial charge in [-0.05, 0) is 40.5 Å². The quantitative estimate of drug-likeness (QED) is 0.708. The van der Waals surface area contributed by atoms with E-state index < -0.39 is 17.7 Å². The molecule has 1 aliphatic heterocycles. The third-order valence-corrected chi connectivity index (χ3v) is 2.28. The van der Waals surface area contributed by atoms with Gasteiger partial charge >= 0.3 is 6.09 Å². The van der Waals surface area contributed by atoms with E-state index in [1.165, 1.54) is 0 Å². The number of ether oxygens (including phenoxy) is 1. The number of carbonyl (C=O) groups excluding carboxylic acids is 2. The Morgan fingerprint density at radius 1 is 1.44 bits per heavy atom. The summed E-state index contributed by atoms with van der Waals surface area (Å²) in [4.78, 5) is 23.0. The molecule has 0 aliphatic carbocycles. The normalized spacial score (nSPS) is 25.9. The summed E-state index contributed by atoms with van der Waals surface area (Å²) in [5, 5.41) is 5.36. The van der Waals surface area contributed by atoms with Crippen molar-refractivity contribution in [3.63, 3.8) is 0 Å². The van der Waals surface area contributed by atoms with Crippen LogP contribution in [0, 0.1) is 0 Å². The van der Waals surface area contributed by atoms with Gasteiger partial charge in [-0.25, -0.2) is 4.79 Å². The van der Waals surface area contributed by atoms with Crippen molar-refractivity contribution in [2.24, 2.45) is 0 Å². The Kier molecular flexibility index (Phi) is 3.78. The largest absolute Gasteiger partial charge is 0.444 e. The molecule has 92 valence electrons. The molecule has 2 amide bonds. The second-order valence-electron chi connectivity index (χ2n) is 5.19. The van der Waals surface area contributed by atoms with Crippen LogP contribution in [0.5, 0.6) is 0 Å². The molecule has 2 N–H and O–H groups in total. The second kappa shape index (κ2) is 4.72. The van der Waals surface area contributed by atoms with Crippen LogP contribution < -0.4 is 10.6 Å². The number of piperidine rings is 1. The van der Waals surface area contributed by atoms with Gasteiger partial charge in [0.2, 0.25) is 5.91 Å². The Bertz CT molecular complexity index is 283. The molecule has 1 aliphatic rings. The first-order valence-corrected chi connectivity index (χ1v) is 5.58. The van der Waals surface area contributed by atoms with Crippen molar-refractivity contribution in [2.75, 3.05) is 0 Å². The Hall–Kier alpha value is -1.26. The molecule has 5 heteroatoms. The molecule has 1 rings (SSSR count). The van der Waals surface area contributed by atoms with Gasteiger partial charge in [0.15, 0.2) is 0 Å². The highest BCUT2D eigenvalue weighted by atomic mass is 16.6. The minimum atomic E-state index is -0.540. The highest BCUT2D eigenvalue weighted by Gasteiger charge is 2.28. The minimum Gasteiger partial charge on any atom is -0.444 e. The van der Waals surface area contributed by atoms with Crippen LogP contribution >= 0.6 is 0 Å². The first-order chi connectivity index (χ1) is 7.28. The van der Waals surface area contributed by atoms with E-state index in [0.717, 1.165) is 6.42 Å². The lowest BCUT2D eigenvalue weighted by Gasteiger charge is -2.28. The zero-order chi connectivity index (χ0) is 12.3. The standard InChI is InChI=1S/C11H20N2O3/c1-7-5-6-8(9(14)12-7)13-10(15)16-11(2,3)4/h7-8H,5-6H2,1-4H3,(H,12,14)(H,13,15). The molecule has 2 unspecified atom stereocenters. The zero-order valence-electron chi connectivity index (χ0n) is 10.3. The van der Waals surface area contributed by atoms with Crippen LogP contribution in [0.25, 0.3) is 0 Å². The Morgan fingerprint density at radius 2 is 2.06 bits per heavy atom. The van der Waals surface area contributed by atoms with Crippen LogP contribution in [0.2, 0.25) is 0 Å². The molecule has 0 radical (unpaired) electrons. The molecule has 5 nitrogen and oxygen atoms in total. The van der Waals surface area contributed by atoms with Gasteiger partial charge in [-0.15, -0.1) is 0 Å². The summed E-state index contributed by atoms with van der Waals surface area (Å²) in [7, 11) is 0. The average Bonchev–Trinajstić information content (AvgIpc) is 2.06. The fourth-order valence-electron chi connectivity index (χ4n) is 1.55. The van der Waals surface area contributed by atoms with Gasteiger partial charge in [-0.3, -0.25) is 4.79 Å². The summed E-state index contributed by atoms with van der Waals surface area (Å²) in [6.07, 6.45) is 0.987.